The summed E-state index contributed by atoms with van der Waals surface area (Å²) in [6.45, 7) is 7.98. The first-order valence-corrected chi connectivity index (χ1v) is 8.05. The van der Waals surface area contributed by atoms with Crippen LogP contribution in [0.3, 0.4) is 0 Å². The standard InChI is InChI=1S/C17H25N3O/c1-13(2)19-8-10-20(11-9-19)17(21)18-16-7-6-14-4-3-5-15(14)12-16/h6-7,12-13H,3-5,8-11H2,1-2H3,(H,18,21). The van der Waals surface area contributed by atoms with Crippen LogP contribution in [0.2, 0.25) is 0 Å². The van der Waals surface area contributed by atoms with Crippen molar-refractivity contribution in [3.8, 4) is 0 Å². The summed E-state index contributed by atoms with van der Waals surface area (Å²) < 4.78 is 0. The lowest BCUT2D eigenvalue weighted by Crippen LogP contribution is -2.51. The van der Waals surface area contributed by atoms with Gasteiger partial charge in [-0.2, -0.15) is 0 Å². The van der Waals surface area contributed by atoms with Gasteiger partial charge in [0.2, 0.25) is 0 Å². The van der Waals surface area contributed by atoms with E-state index in [2.05, 4.69) is 36.2 Å². The van der Waals surface area contributed by atoms with Gasteiger partial charge < -0.3 is 10.2 Å². The Bertz CT molecular complexity index is 519. The van der Waals surface area contributed by atoms with Gasteiger partial charge in [-0.3, -0.25) is 4.90 Å². The largest absolute Gasteiger partial charge is 0.322 e. The van der Waals surface area contributed by atoms with Gasteiger partial charge in [0.25, 0.3) is 0 Å². The lowest BCUT2D eigenvalue weighted by molar-refractivity contribution is 0.125. The maximum atomic E-state index is 12.3. The van der Waals surface area contributed by atoms with Crippen LogP contribution in [0.15, 0.2) is 18.2 Å². The van der Waals surface area contributed by atoms with Crippen LogP contribution in [0.25, 0.3) is 0 Å². The average Bonchev–Trinajstić information content (AvgIpc) is 2.95. The molecule has 3 rings (SSSR count). The quantitative estimate of drug-likeness (QED) is 0.908. The number of rotatable bonds is 2. The Labute approximate surface area is 127 Å². The summed E-state index contributed by atoms with van der Waals surface area (Å²) >= 11 is 0. The van der Waals surface area contributed by atoms with Gasteiger partial charge in [0.1, 0.15) is 0 Å². The fraction of sp³-hybridized carbons (Fsp3) is 0.588. The second kappa shape index (κ2) is 6.06. The monoisotopic (exact) mass is 287 g/mol. The minimum Gasteiger partial charge on any atom is -0.322 e. The highest BCUT2D eigenvalue weighted by atomic mass is 16.2. The fourth-order valence-electron chi connectivity index (χ4n) is 3.29. The highest BCUT2D eigenvalue weighted by molar-refractivity contribution is 5.89. The molecule has 0 radical (unpaired) electrons. The second-order valence-electron chi connectivity index (χ2n) is 6.38. The third-order valence-electron chi connectivity index (χ3n) is 4.68. The van der Waals surface area contributed by atoms with Crippen LogP contribution in [0.5, 0.6) is 0 Å². The third kappa shape index (κ3) is 3.21. The van der Waals surface area contributed by atoms with Gasteiger partial charge in [-0.05, 0) is 56.4 Å². The van der Waals surface area contributed by atoms with Crippen LogP contribution in [-0.2, 0) is 12.8 Å². The number of piperazine rings is 1. The van der Waals surface area contributed by atoms with Gasteiger partial charge in [0.15, 0.2) is 0 Å². The molecule has 1 aromatic carbocycles. The van der Waals surface area contributed by atoms with Crippen molar-refractivity contribution in [2.24, 2.45) is 0 Å². The lowest BCUT2D eigenvalue weighted by Gasteiger charge is -2.36. The molecule has 1 saturated heterocycles. The number of nitrogens with one attached hydrogen (secondary N) is 1. The fourth-order valence-corrected chi connectivity index (χ4v) is 3.29. The summed E-state index contributed by atoms with van der Waals surface area (Å²) in [4.78, 5) is 16.7. The molecule has 0 bridgehead atoms. The van der Waals surface area contributed by atoms with Gasteiger partial charge in [-0.15, -0.1) is 0 Å². The van der Waals surface area contributed by atoms with E-state index < -0.39 is 0 Å². The number of hydrogen-bond donors (Lipinski definition) is 1. The number of fused-ring (bicyclic) bond motifs is 1. The number of amides is 2. The molecule has 1 N–H and O–H groups in total. The van der Waals surface area contributed by atoms with Crippen molar-refractivity contribution >= 4 is 11.7 Å². The van der Waals surface area contributed by atoms with E-state index in [0.29, 0.717) is 6.04 Å². The summed E-state index contributed by atoms with van der Waals surface area (Å²) in [6.07, 6.45) is 3.57. The molecule has 0 unspecified atom stereocenters. The lowest BCUT2D eigenvalue weighted by atomic mass is 10.1. The van der Waals surface area contributed by atoms with Crippen molar-refractivity contribution in [1.29, 1.82) is 0 Å². The summed E-state index contributed by atoms with van der Waals surface area (Å²) in [5.74, 6) is 0. The normalized spacial score (nSPS) is 18.9. The third-order valence-corrected chi connectivity index (χ3v) is 4.68. The summed E-state index contributed by atoms with van der Waals surface area (Å²) in [7, 11) is 0. The van der Waals surface area contributed by atoms with E-state index >= 15 is 0 Å². The molecule has 0 spiro atoms. The minimum atomic E-state index is 0.0383. The summed E-state index contributed by atoms with van der Waals surface area (Å²) in [6, 6.07) is 6.94. The molecule has 2 aliphatic rings. The van der Waals surface area contributed by atoms with Crippen molar-refractivity contribution < 1.29 is 4.79 Å². The summed E-state index contributed by atoms with van der Waals surface area (Å²) in [5, 5.41) is 3.05. The molecule has 0 saturated carbocycles. The highest BCUT2D eigenvalue weighted by Gasteiger charge is 2.22. The first-order valence-electron chi connectivity index (χ1n) is 8.05. The smallest absolute Gasteiger partial charge is 0.321 e. The molecule has 1 heterocycles. The molecular formula is C17H25N3O. The first-order chi connectivity index (χ1) is 10.1. The average molecular weight is 287 g/mol. The molecule has 4 nitrogen and oxygen atoms in total. The second-order valence-corrected chi connectivity index (χ2v) is 6.38. The van der Waals surface area contributed by atoms with E-state index in [0.717, 1.165) is 38.3 Å². The van der Waals surface area contributed by atoms with Crippen LogP contribution >= 0.6 is 0 Å². The Balaban J connectivity index is 1.57. The van der Waals surface area contributed by atoms with Crippen molar-refractivity contribution in [3.63, 3.8) is 0 Å². The zero-order valence-electron chi connectivity index (χ0n) is 13.1. The molecule has 1 fully saturated rings. The van der Waals surface area contributed by atoms with Gasteiger partial charge in [0, 0.05) is 37.9 Å². The molecule has 4 heteroatoms. The Morgan fingerprint density at radius 3 is 2.52 bits per heavy atom. The maximum Gasteiger partial charge on any atom is 0.321 e. The van der Waals surface area contributed by atoms with Crippen molar-refractivity contribution in [2.45, 2.75) is 39.2 Å². The van der Waals surface area contributed by atoms with E-state index in [9.17, 15) is 4.79 Å². The van der Waals surface area contributed by atoms with E-state index in [1.54, 1.807) is 0 Å². The molecule has 1 aliphatic carbocycles. The SMILES string of the molecule is CC(C)N1CCN(C(=O)Nc2ccc3c(c2)CCC3)CC1. The van der Waals surface area contributed by atoms with Crippen LogP contribution in [-0.4, -0.2) is 48.1 Å². The molecule has 0 aromatic heterocycles. The molecule has 1 aromatic rings. The van der Waals surface area contributed by atoms with Crippen LogP contribution in [0.4, 0.5) is 10.5 Å². The number of aryl methyl sites for hydroxylation is 2. The number of benzene rings is 1. The molecule has 0 atom stereocenters. The molecule has 114 valence electrons. The molecule has 21 heavy (non-hydrogen) atoms. The van der Waals surface area contributed by atoms with E-state index in [4.69, 9.17) is 0 Å². The van der Waals surface area contributed by atoms with E-state index in [1.807, 2.05) is 11.0 Å². The summed E-state index contributed by atoms with van der Waals surface area (Å²) in [5.41, 5.74) is 3.78. The number of hydrogen-bond acceptors (Lipinski definition) is 2. The zero-order valence-corrected chi connectivity index (χ0v) is 13.1. The van der Waals surface area contributed by atoms with Crippen molar-refractivity contribution in [2.75, 3.05) is 31.5 Å². The number of urea groups is 1. The van der Waals surface area contributed by atoms with Crippen molar-refractivity contribution in [1.82, 2.24) is 9.80 Å². The van der Waals surface area contributed by atoms with Gasteiger partial charge in [-0.1, -0.05) is 6.07 Å². The Hall–Kier alpha value is -1.55. The van der Waals surface area contributed by atoms with Gasteiger partial charge in [-0.25, -0.2) is 4.79 Å². The van der Waals surface area contributed by atoms with Crippen molar-refractivity contribution in [3.05, 3.63) is 29.3 Å². The van der Waals surface area contributed by atoms with Crippen LogP contribution in [0.1, 0.15) is 31.4 Å². The first kappa shape index (κ1) is 14.4. The zero-order chi connectivity index (χ0) is 14.8. The maximum absolute atomic E-state index is 12.3. The van der Waals surface area contributed by atoms with Crippen LogP contribution in [0, 0.1) is 0 Å². The Morgan fingerprint density at radius 2 is 1.81 bits per heavy atom. The van der Waals surface area contributed by atoms with Gasteiger partial charge >= 0.3 is 6.03 Å². The number of carbonyl (C=O) groups is 1. The van der Waals surface area contributed by atoms with E-state index in [1.165, 1.54) is 24.0 Å². The molecular weight excluding hydrogens is 262 g/mol. The Kier molecular flexibility index (Phi) is 4.15. The predicted molar refractivity (Wildman–Crippen MR) is 85.8 cm³/mol. The molecule has 2 amide bonds. The predicted octanol–water partition coefficient (Wildman–Crippen LogP) is 2.73. The number of anilines is 1. The highest BCUT2D eigenvalue weighted by Crippen LogP contribution is 2.25. The topological polar surface area (TPSA) is 35.6 Å². The van der Waals surface area contributed by atoms with Gasteiger partial charge in [0.05, 0.1) is 0 Å². The number of carbonyl (C=O) groups excluding carboxylic acids is 1. The Morgan fingerprint density at radius 1 is 1.10 bits per heavy atom. The molecule has 1 aliphatic heterocycles. The van der Waals surface area contributed by atoms with E-state index in [-0.39, 0.29) is 6.03 Å². The number of nitrogens with zero attached hydrogens (tertiary/aromatic N) is 2. The van der Waals surface area contributed by atoms with Crippen LogP contribution < -0.4 is 5.32 Å². The minimum absolute atomic E-state index is 0.0383.